The first kappa shape index (κ1) is 10.4. The molecule has 2 atom stereocenters. The Morgan fingerprint density at radius 2 is 2.00 bits per heavy atom. The molecular formula is C8H10N2O4. The predicted molar refractivity (Wildman–Crippen MR) is 48.8 cm³/mol. The molecule has 76 valence electrons. The predicted octanol–water partition coefficient (Wildman–Crippen LogP) is 1.39. The summed E-state index contributed by atoms with van der Waals surface area (Å²) in [6, 6.07) is 0. The number of rotatable bonds is 2. The third-order valence-electron chi connectivity index (χ3n) is 2.63. The average Bonchev–Trinajstić information content (AvgIpc) is 2.09. The summed E-state index contributed by atoms with van der Waals surface area (Å²) in [6.07, 6.45) is 4.04. The second-order valence-electron chi connectivity index (χ2n) is 3.41. The molecular weight excluding hydrogens is 188 g/mol. The van der Waals surface area contributed by atoms with Gasteiger partial charge >= 0.3 is 0 Å². The van der Waals surface area contributed by atoms with Crippen LogP contribution in [0.4, 0.5) is 0 Å². The van der Waals surface area contributed by atoms with Gasteiger partial charge in [-0.1, -0.05) is 6.08 Å². The quantitative estimate of drug-likeness (QED) is 0.495. The first-order valence-corrected chi connectivity index (χ1v) is 4.08. The zero-order valence-corrected chi connectivity index (χ0v) is 7.84. The molecule has 0 radical (unpaired) electrons. The Morgan fingerprint density at radius 1 is 1.43 bits per heavy atom. The normalized spacial score (nSPS) is 31.0. The first-order valence-electron chi connectivity index (χ1n) is 4.08. The maximum absolute atomic E-state index is 10.8. The van der Waals surface area contributed by atoms with Crippen molar-refractivity contribution in [1.82, 2.24) is 0 Å². The Morgan fingerprint density at radius 3 is 2.43 bits per heavy atom. The molecule has 0 saturated carbocycles. The Labute approximate surface area is 80.2 Å². The Hall–Kier alpha value is -1.72. The van der Waals surface area contributed by atoms with Gasteiger partial charge in [-0.25, -0.2) is 0 Å². The van der Waals surface area contributed by atoms with Crippen LogP contribution in [0.5, 0.6) is 0 Å². The van der Waals surface area contributed by atoms with Crippen LogP contribution in [-0.4, -0.2) is 15.4 Å². The Bertz CT molecular complexity index is 347. The Kier molecular flexibility index (Phi) is 2.37. The molecule has 0 aliphatic heterocycles. The SMILES string of the molecule is CC1C([N+](=O)[O-])=CC=CC1(C)[N+](=O)[O-]. The maximum Gasteiger partial charge on any atom is 0.256 e. The van der Waals surface area contributed by atoms with Crippen molar-refractivity contribution in [1.29, 1.82) is 0 Å². The van der Waals surface area contributed by atoms with Gasteiger partial charge in [-0.3, -0.25) is 20.2 Å². The van der Waals surface area contributed by atoms with E-state index in [2.05, 4.69) is 0 Å². The number of hydrogen-bond acceptors (Lipinski definition) is 4. The van der Waals surface area contributed by atoms with Gasteiger partial charge in [0.1, 0.15) is 5.92 Å². The van der Waals surface area contributed by atoms with Crippen molar-refractivity contribution in [2.75, 3.05) is 0 Å². The summed E-state index contributed by atoms with van der Waals surface area (Å²) in [5, 5.41) is 21.3. The van der Waals surface area contributed by atoms with E-state index in [1.165, 1.54) is 32.1 Å². The molecule has 0 aromatic rings. The molecule has 6 heteroatoms. The molecule has 6 nitrogen and oxygen atoms in total. The van der Waals surface area contributed by atoms with Gasteiger partial charge in [-0.05, 0) is 13.0 Å². The first-order chi connectivity index (χ1) is 6.39. The number of nitrogens with zero attached hydrogens (tertiary/aromatic N) is 2. The molecule has 0 saturated heterocycles. The van der Waals surface area contributed by atoms with E-state index in [0.29, 0.717) is 0 Å². The molecule has 0 aromatic carbocycles. The van der Waals surface area contributed by atoms with Gasteiger partial charge in [-0.2, -0.15) is 0 Å². The number of allylic oxidation sites excluding steroid dienone is 2. The van der Waals surface area contributed by atoms with Gasteiger partial charge in [-0.15, -0.1) is 0 Å². The highest BCUT2D eigenvalue weighted by atomic mass is 16.6. The van der Waals surface area contributed by atoms with E-state index in [4.69, 9.17) is 0 Å². The van der Waals surface area contributed by atoms with Crippen LogP contribution in [0.3, 0.4) is 0 Å². The molecule has 0 N–H and O–H groups in total. The minimum atomic E-state index is -1.38. The van der Waals surface area contributed by atoms with Crippen molar-refractivity contribution in [3.8, 4) is 0 Å². The highest BCUT2D eigenvalue weighted by Gasteiger charge is 2.48. The van der Waals surface area contributed by atoms with E-state index in [1.807, 2.05) is 0 Å². The van der Waals surface area contributed by atoms with E-state index in [1.54, 1.807) is 0 Å². The van der Waals surface area contributed by atoms with Crippen LogP contribution in [0.15, 0.2) is 23.9 Å². The Balaban J connectivity index is 3.11. The summed E-state index contributed by atoms with van der Waals surface area (Å²) in [5.41, 5.74) is -1.50. The second-order valence-corrected chi connectivity index (χ2v) is 3.41. The van der Waals surface area contributed by atoms with E-state index in [0.717, 1.165) is 0 Å². The van der Waals surface area contributed by atoms with Crippen molar-refractivity contribution < 1.29 is 9.85 Å². The lowest BCUT2D eigenvalue weighted by Gasteiger charge is -2.24. The van der Waals surface area contributed by atoms with Crippen LogP contribution in [0, 0.1) is 26.1 Å². The van der Waals surface area contributed by atoms with Gasteiger partial charge < -0.3 is 0 Å². The minimum absolute atomic E-state index is 0.119. The van der Waals surface area contributed by atoms with Crippen molar-refractivity contribution >= 4 is 0 Å². The molecule has 0 spiro atoms. The molecule has 0 aromatic heterocycles. The lowest BCUT2D eigenvalue weighted by molar-refractivity contribution is -0.567. The smallest absolute Gasteiger partial charge is 0.256 e. The minimum Gasteiger partial charge on any atom is -0.264 e. The average molecular weight is 198 g/mol. The fraction of sp³-hybridized carbons (Fsp3) is 0.500. The second kappa shape index (κ2) is 3.21. The zero-order chi connectivity index (χ0) is 10.9. The summed E-state index contributed by atoms with van der Waals surface area (Å²) in [4.78, 5) is 20.2. The van der Waals surface area contributed by atoms with Gasteiger partial charge in [0.25, 0.3) is 5.70 Å². The highest BCUT2D eigenvalue weighted by Crippen LogP contribution is 2.32. The number of nitro groups is 2. The van der Waals surface area contributed by atoms with E-state index < -0.39 is 21.3 Å². The summed E-state index contributed by atoms with van der Waals surface area (Å²) < 4.78 is 0. The molecule has 14 heavy (non-hydrogen) atoms. The number of hydrogen-bond donors (Lipinski definition) is 0. The van der Waals surface area contributed by atoms with Crippen molar-refractivity contribution in [2.24, 2.45) is 5.92 Å². The lowest BCUT2D eigenvalue weighted by atomic mass is 9.82. The molecule has 0 fully saturated rings. The van der Waals surface area contributed by atoms with Crippen LogP contribution >= 0.6 is 0 Å². The molecule has 1 aliphatic rings. The highest BCUT2D eigenvalue weighted by molar-refractivity contribution is 5.23. The third-order valence-corrected chi connectivity index (χ3v) is 2.63. The molecule has 0 bridgehead atoms. The van der Waals surface area contributed by atoms with Crippen molar-refractivity contribution in [3.63, 3.8) is 0 Å². The topological polar surface area (TPSA) is 86.3 Å². The molecule has 0 amide bonds. The van der Waals surface area contributed by atoms with Gasteiger partial charge in [0, 0.05) is 17.9 Å². The van der Waals surface area contributed by atoms with Gasteiger partial charge in [0.05, 0.1) is 4.92 Å². The summed E-state index contributed by atoms with van der Waals surface area (Å²) in [5.74, 6) is -0.725. The molecule has 0 heterocycles. The molecule has 1 rings (SSSR count). The largest absolute Gasteiger partial charge is 0.264 e. The fourth-order valence-corrected chi connectivity index (χ4v) is 1.37. The third kappa shape index (κ3) is 1.39. The monoisotopic (exact) mass is 198 g/mol. The maximum atomic E-state index is 10.8. The van der Waals surface area contributed by atoms with Crippen LogP contribution in [0.2, 0.25) is 0 Å². The van der Waals surface area contributed by atoms with Gasteiger partial charge in [0.2, 0.25) is 5.54 Å². The fourth-order valence-electron chi connectivity index (χ4n) is 1.37. The lowest BCUT2D eigenvalue weighted by Crippen LogP contribution is -2.42. The summed E-state index contributed by atoms with van der Waals surface area (Å²) >= 11 is 0. The standard InChI is InChI=1S/C8H10N2O4/c1-6-7(9(11)12)4-3-5-8(6,2)10(13)14/h3-6H,1-2H3. The van der Waals surface area contributed by atoms with Crippen molar-refractivity contribution in [3.05, 3.63) is 44.2 Å². The molecule has 2 unspecified atom stereocenters. The van der Waals surface area contributed by atoms with Crippen LogP contribution in [0.1, 0.15) is 13.8 Å². The zero-order valence-electron chi connectivity index (χ0n) is 7.84. The van der Waals surface area contributed by atoms with Crippen LogP contribution in [0.25, 0.3) is 0 Å². The molecule has 1 aliphatic carbocycles. The van der Waals surface area contributed by atoms with Crippen LogP contribution < -0.4 is 0 Å². The summed E-state index contributed by atoms with van der Waals surface area (Å²) in [7, 11) is 0. The van der Waals surface area contributed by atoms with E-state index >= 15 is 0 Å². The van der Waals surface area contributed by atoms with Crippen LogP contribution in [-0.2, 0) is 0 Å². The summed E-state index contributed by atoms with van der Waals surface area (Å²) in [6.45, 7) is 2.87. The van der Waals surface area contributed by atoms with Crippen molar-refractivity contribution in [2.45, 2.75) is 19.4 Å². The van der Waals surface area contributed by atoms with E-state index in [9.17, 15) is 20.2 Å². The van der Waals surface area contributed by atoms with E-state index in [-0.39, 0.29) is 5.70 Å². The van der Waals surface area contributed by atoms with Gasteiger partial charge in [0.15, 0.2) is 0 Å².